The van der Waals surface area contributed by atoms with Crippen LogP contribution in [0, 0.1) is 5.92 Å². The topological polar surface area (TPSA) is 75.7 Å². The fourth-order valence-electron chi connectivity index (χ4n) is 3.66. The van der Waals surface area contributed by atoms with Crippen LogP contribution in [0.1, 0.15) is 36.9 Å². The van der Waals surface area contributed by atoms with Gasteiger partial charge in [-0.1, -0.05) is 41.4 Å². The molecule has 1 heterocycles. The van der Waals surface area contributed by atoms with Gasteiger partial charge in [0.05, 0.1) is 24.8 Å². The Morgan fingerprint density at radius 2 is 1.84 bits per heavy atom. The van der Waals surface area contributed by atoms with E-state index in [-0.39, 0.29) is 24.2 Å². The smallest absolute Gasteiger partial charge is 0.224 e. The summed E-state index contributed by atoms with van der Waals surface area (Å²) in [6.07, 6.45) is 1.25. The number of methoxy groups -OCH3 is 1. The quantitative estimate of drug-likeness (QED) is 0.630. The Labute approximate surface area is 193 Å². The molecule has 1 N–H and O–H groups in total. The lowest BCUT2D eigenvalue weighted by molar-refractivity contribution is -0.126. The number of sulfonamides is 1. The van der Waals surface area contributed by atoms with E-state index in [0.29, 0.717) is 35.0 Å². The third kappa shape index (κ3) is 5.92. The maximum Gasteiger partial charge on any atom is 0.224 e. The fraction of sp³-hybridized carbons (Fsp3) is 0.409. The van der Waals surface area contributed by atoms with Crippen LogP contribution in [0.2, 0.25) is 10.0 Å². The number of piperidine rings is 1. The van der Waals surface area contributed by atoms with Gasteiger partial charge >= 0.3 is 0 Å². The zero-order chi connectivity index (χ0) is 22.6. The summed E-state index contributed by atoms with van der Waals surface area (Å²) in [5.41, 5.74) is 1.33. The molecule has 3 rings (SSSR count). The van der Waals surface area contributed by atoms with Gasteiger partial charge in [0.1, 0.15) is 5.75 Å². The molecule has 9 heteroatoms. The zero-order valence-electron chi connectivity index (χ0n) is 17.5. The zero-order valence-corrected chi connectivity index (χ0v) is 19.8. The number of rotatable bonds is 7. The summed E-state index contributed by atoms with van der Waals surface area (Å²) >= 11 is 12.3. The number of nitrogens with zero attached hydrogens (tertiary/aromatic N) is 1. The lowest BCUT2D eigenvalue weighted by Crippen LogP contribution is -2.46. The van der Waals surface area contributed by atoms with Crippen molar-refractivity contribution in [3.8, 4) is 5.75 Å². The van der Waals surface area contributed by atoms with Gasteiger partial charge in [-0.25, -0.2) is 12.7 Å². The lowest BCUT2D eigenvalue weighted by Gasteiger charge is -2.32. The Hall–Kier alpha value is -1.80. The standard InChI is InChI=1S/C22H26Cl2N2O4S/c1-15(16-8-10-18(30-2)11-9-16)25-22(27)17-5-4-12-26(13-17)31(28,29)14-19-20(23)6-3-7-21(19)24/h3,6-11,15,17H,4-5,12-14H2,1-2H3,(H,25,27)/t15-,17+/m0/s1. The van der Waals surface area contributed by atoms with Gasteiger partial charge in [0, 0.05) is 28.7 Å². The van der Waals surface area contributed by atoms with Crippen LogP contribution >= 0.6 is 23.2 Å². The van der Waals surface area contributed by atoms with Gasteiger partial charge < -0.3 is 10.1 Å². The highest BCUT2D eigenvalue weighted by Gasteiger charge is 2.33. The predicted molar refractivity (Wildman–Crippen MR) is 123 cm³/mol. The monoisotopic (exact) mass is 484 g/mol. The van der Waals surface area contributed by atoms with Gasteiger partial charge in [-0.3, -0.25) is 4.79 Å². The molecule has 1 fully saturated rings. The number of ether oxygens (including phenoxy) is 1. The third-order valence-electron chi connectivity index (χ3n) is 5.51. The number of nitrogens with one attached hydrogen (secondary N) is 1. The Balaban J connectivity index is 1.65. The van der Waals surface area contributed by atoms with Gasteiger partial charge in [-0.15, -0.1) is 0 Å². The second-order valence-corrected chi connectivity index (χ2v) is 10.4. The van der Waals surface area contributed by atoms with Crippen molar-refractivity contribution in [3.63, 3.8) is 0 Å². The third-order valence-corrected chi connectivity index (χ3v) is 7.99. The van der Waals surface area contributed by atoms with E-state index in [2.05, 4.69) is 5.32 Å². The molecule has 6 nitrogen and oxygen atoms in total. The molecule has 0 aromatic heterocycles. The fourth-order valence-corrected chi connectivity index (χ4v) is 6.02. The van der Waals surface area contributed by atoms with E-state index >= 15 is 0 Å². The number of halogens is 2. The molecule has 31 heavy (non-hydrogen) atoms. The lowest BCUT2D eigenvalue weighted by atomic mass is 9.98. The molecule has 0 saturated carbocycles. The van der Waals surface area contributed by atoms with Gasteiger partial charge in [0.15, 0.2) is 0 Å². The Bertz CT molecular complexity index is 1010. The number of hydrogen-bond donors (Lipinski definition) is 1. The van der Waals surface area contributed by atoms with Crippen molar-refractivity contribution in [2.45, 2.75) is 31.6 Å². The number of hydrogen-bond acceptors (Lipinski definition) is 4. The SMILES string of the molecule is COc1ccc([C@H](C)NC(=O)[C@@H]2CCCN(S(=O)(=O)Cc3c(Cl)cccc3Cl)C2)cc1. The largest absolute Gasteiger partial charge is 0.497 e. The first-order valence-electron chi connectivity index (χ1n) is 10.1. The number of carbonyl (C=O) groups is 1. The van der Waals surface area contributed by atoms with Crippen LogP contribution in [0.4, 0.5) is 0 Å². The van der Waals surface area contributed by atoms with Crippen LogP contribution in [0.3, 0.4) is 0 Å². The number of benzene rings is 2. The predicted octanol–water partition coefficient (Wildman–Crippen LogP) is 4.42. The maximum atomic E-state index is 13.0. The summed E-state index contributed by atoms with van der Waals surface area (Å²) in [6, 6.07) is 12.2. The molecule has 1 aliphatic heterocycles. The molecule has 0 spiro atoms. The van der Waals surface area contributed by atoms with E-state index in [1.807, 2.05) is 31.2 Å². The van der Waals surface area contributed by atoms with E-state index in [1.54, 1.807) is 25.3 Å². The molecule has 0 bridgehead atoms. The summed E-state index contributed by atoms with van der Waals surface area (Å²) in [7, 11) is -2.07. The highest BCUT2D eigenvalue weighted by Crippen LogP contribution is 2.29. The molecule has 0 radical (unpaired) electrons. The first-order valence-corrected chi connectivity index (χ1v) is 12.4. The number of amides is 1. The minimum Gasteiger partial charge on any atom is -0.497 e. The average molecular weight is 485 g/mol. The van der Waals surface area contributed by atoms with Gasteiger partial charge in [-0.2, -0.15) is 0 Å². The van der Waals surface area contributed by atoms with Crippen molar-refractivity contribution >= 4 is 39.1 Å². The summed E-state index contributed by atoms with van der Waals surface area (Å²) in [5, 5.41) is 3.63. The highest BCUT2D eigenvalue weighted by molar-refractivity contribution is 7.88. The Morgan fingerprint density at radius 3 is 2.45 bits per heavy atom. The van der Waals surface area contributed by atoms with E-state index in [0.717, 1.165) is 11.3 Å². The highest BCUT2D eigenvalue weighted by atomic mass is 35.5. The normalized spacial score (nSPS) is 18.4. The minimum atomic E-state index is -3.67. The summed E-state index contributed by atoms with van der Waals surface area (Å²) in [5.74, 6) is -0.110. The summed E-state index contributed by atoms with van der Waals surface area (Å²) in [4.78, 5) is 12.8. The summed E-state index contributed by atoms with van der Waals surface area (Å²) in [6.45, 7) is 2.42. The van der Waals surface area contributed by atoms with Gasteiger partial charge in [0.2, 0.25) is 15.9 Å². The molecule has 1 aliphatic rings. The molecule has 0 aliphatic carbocycles. The first kappa shape index (κ1) is 23.9. The second-order valence-electron chi connectivity index (χ2n) is 7.66. The summed E-state index contributed by atoms with van der Waals surface area (Å²) < 4.78 is 32.5. The molecule has 2 atom stereocenters. The van der Waals surface area contributed by atoms with Gasteiger partial charge in [-0.05, 0) is 49.6 Å². The minimum absolute atomic E-state index is 0.144. The van der Waals surface area contributed by atoms with Crippen LogP contribution in [-0.2, 0) is 20.6 Å². The van der Waals surface area contributed by atoms with Crippen molar-refractivity contribution in [1.82, 2.24) is 9.62 Å². The molecule has 1 saturated heterocycles. The van der Waals surface area contributed by atoms with Crippen LogP contribution in [0.25, 0.3) is 0 Å². The Kier molecular flexibility index (Phi) is 7.86. The van der Waals surface area contributed by atoms with Crippen LogP contribution in [0.15, 0.2) is 42.5 Å². The van der Waals surface area contributed by atoms with Crippen molar-refractivity contribution < 1.29 is 17.9 Å². The first-order chi connectivity index (χ1) is 14.7. The van der Waals surface area contributed by atoms with E-state index in [9.17, 15) is 13.2 Å². The molecule has 0 unspecified atom stereocenters. The number of carbonyl (C=O) groups excluding carboxylic acids is 1. The molecule has 2 aromatic carbocycles. The average Bonchev–Trinajstić information content (AvgIpc) is 2.76. The van der Waals surface area contributed by atoms with Crippen LogP contribution in [0.5, 0.6) is 5.75 Å². The molecular weight excluding hydrogens is 459 g/mol. The van der Waals surface area contributed by atoms with E-state index < -0.39 is 15.9 Å². The van der Waals surface area contributed by atoms with Crippen molar-refractivity contribution in [1.29, 1.82) is 0 Å². The van der Waals surface area contributed by atoms with Crippen molar-refractivity contribution in [3.05, 3.63) is 63.6 Å². The van der Waals surface area contributed by atoms with Crippen LogP contribution in [-0.4, -0.2) is 38.8 Å². The molecule has 2 aromatic rings. The van der Waals surface area contributed by atoms with E-state index in [1.165, 1.54) is 4.31 Å². The molecule has 1 amide bonds. The second kappa shape index (κ2) is 10.2. The van der Waals surface area contributed by atoms with Crippen molar-refractivity contribution in [2.24, 2.45) is 5.92 Å². The molecular formula is C22H26Cl2N2O4S. The maximum absolute atomic E-state index is 13.0. The van der Waals surface area contributed by atoms with Gasteiger partial charge in [0.25, 0.3) is 0 Å². The van der Waals surface area contributed by atoms with Crippen molar-refractivity contribution in [2.75, 3.05) is 20.2 Å². The molecule has 168 valence electrons. The van der Waals surface area contributed by atoms with Crippen LogP contribution < -0.4 is 10.1 Å². The Morgan fingerprint density at radius 1 is 1.19 bits per heavy atom. The van der Waals surface area contributed by atoms with E-state index in [4.69, 9.17) is 27.9 Å².